The number of aromatic nitrogens is 2. The Morgan fingerprint density at radius 1 is 1.50 bits per heavy atom. The minimum absolute atomic E-state index is 0.281. The average Bonchev–Trinajstić information content (AvgIpc) is 2.23. The van der Waals surface area contributed by atoms with Crippen molar-refractivity contribution in [2.24, 2.45) is 5.92 Å². The third-order valence-electron chi connectivity index (χ3n) is 2.09. The molecule has 0 N–H and O–H groups in total. The van der Waals surface area contributed by atoms with Gasteiger partial charge in [0, 0.05) is 26.4 Å². The highest BCUT2D eigenvalue weighted by Crippen LogP contribution is 2.13. The number of hydrogen-bond acceptors (Lipinski definition) is 4. The lowest BCUT2D eigenvalue weighted by atomic mass is 10.2. The van der Waals surface area contributed by atoms with E-state index < -0.39 is 0 Å². The largest absolute Gasteiger partial charge is 0.383 e. The number of hydrogen-bond donors (Lipinski definition) is 0. The van der Waals surface area contributed by atoms with E-state index in [2.05, 4.69) is 28.7 Å². The highest BCUT2D eigenvalue weighted by molar-refractivity contribution is 6.28. The lowest BCUT2D eigenvalue weighted by Gasteiger charge is -2.25. The van der Waals surface area contributed by atoms with Gasteiger partial charge in [0.05, 0.1) is 6.61 Å². The zero-order chi connectivity index (χ0) is 12.0. The van der Waals surface area contributed by atoms with Crippen molar-refractivity contribution in [1.29, 1.82) is 0 Å². The molecule has 1 heterocycles. The topological polar surface area (TPSA) is 38.2 Å². The van der Waals surface area contributed by atoms with Gasteiger partial charge in [-0.15, -0.1) is 0 Å². The second-order valence-corrected chi connectivity index (χ2v) is 4.35. The van der Waals surface area contributed by atoms with Crippen molar-refractivity contribution in [3.63, 3.8) is 0 Å². The van der Waals surface area contributed by atoms with Gasteiger partial charge in [0.15, 0.2) is 0 Å². The Morgan fingerprint density at radius 2 is 2.25 bits per heavy atom. The summed E-state index contributed by atoms with van der Waals surface area (Å²) < 4.78 is 5.09. The summed E-state index contributed by atoms with van der Waals surface area (Å²) in [6.45, 7) is 6.75. The second kappa shape index (κ2) is 6.66. The molecule has 0 fully saturated rings. The lowest BCUT2D eigenvalue weighted by Crippen LogP contribution is -2.31. The van der Waals surface area contributed by atoms with Crippen LogP contribution >= 0.6 is 11.6 Å². The first-order valence-electron chi connectivity index (χ1n) is 5.36. The molecule has 0 unspecified atom stereocenters. The van der Waals surface area contributed by atoms with Crippen LogP contribution in [0.3, 0.4) is 0 Å². The van der Waals surface area contributed by atoms with Gasteiger partial charge in [-0.05, 0) is 23.6 Å². The van der Waals surface area contributed by atoms with Crippen molar-refractivity contribution in [3.8, 4) is 0 Å². The van der Waals surface area contributed by atoms with E-state index in [0.717, 1.165) is 18.9 Å². The quantitative estimate of drug-likeness (QED) is 0.719. The molecule has 90 valence electrons. The summed E-state index contributed by atoms with van der Waals surface area (Å²) in [6.07, 6.45) is 1.67. The molecular weight excluding hydrogens is 226 g/mol. The number of methoxy groups -OCH3 is 1. The summed E-state index contributed by atoms with van der Waals surface area (Å²) in [7, 11) is 1.69. The van der Waals surface area contributed by atoms with E-state index in [0.29, 0.717) is 12.5 Å². The van der Waals surface area contributed by atoms with Crippen LogP contribution in [-0.2, 0) is 4.74 Å². The van der Waals surface area contributed by atoms with E-state index in [1.54, 1.807) is 13.3 Å². The number of anilines is 1. The third-order valence-corrected chi connectivity index (χ3v) is 2.27. The molecule has 0 bridgehead atoms. The fourth-order valence-corrected chi connectivity index (χ4v) is 1.59. The van der Waals surface area contributed by atoms with Crippen LogP contribution in [0.4, 0.5) is 5.82 Å². The number of halogens is 1. The molecule has 0 aromatic carbocycles. The zero-order valence-corrected chi connectivity index (χ0v) is 10.7. The van der Waals surface area contributed by atoms with Crippen LogP contribution in [0, 0.1) is 5.92 Å². The molecule has 0 saturated heterocycles. The Bertz CT molecular complexity index is 320. The van der Waals surface area contributed by atoms with Crippen LogP contribution in [0.25, 0.3) is 0 Å². The molecule has 5 heteroatoms. The summed E-state index contributed by atoms with van der Waals surface area (Å²) >= 11 is 5.78. The van der Waals surface area contributed by atoms with Crippen LogP contribution < -0.4 is 4.90 Å². The van der Waals surface area contributed by atoms with Gasteiger partial charge in [0.2, 0.25) is 5.28 Å². The molecule has 0 aliphatic carbocycles. The lowest BCUT2D eigenvalue weighted by molar-refractivity contribution is 0.204. The average molecular weight is 244 g/mol. The normalized spacial score (nSPS) is 10.8. The maximum absolute atomic E-state index is 5.78. The fraction of sp³-hybridized carbons (Fsp3) is 0.636. The summed E-state index contributed by atoms with van der Waals surface area (Å²) in [5.41, 5.74) is 0. The van der Waals surface area contributed by atoms with Crippen molar-refractivity contribution < 1.29 is 4.74 Å². The predicted molar refractivity (Wildman–Crippen MR) is 66.0 cm³/mol. The molecule has 0 aliphatic rings. The Kier molecular flexibility index (Phi) is 5.49. The predicted octanol–water partition coefficient (Wildman–Crippen LogP) is 2.24. The molecule has 0 atom stereocenters. The summed E-state index contributed by atoms with van der Waals surface area (Å²) in [4.78, 5) is 10.2. The minimum atomic E-state index is 0.281. The van der Waals surface area contributed by atoms with Crippen LogP contribution in [0.15, 0.2) is 12.3 Å². The molecule has 0 spiro atoms. The monoisotopic (exact) mass is 243 g/mol. The smallest absolute Gasteiger partial charge is 0.224 e. The standard InChI is InChI=1S/C11H18ClN3O/c1-9(2)8-15(6-7-16-3)10-4-5-13-11(12)14-10/h4-5,9H,6-8H2,1-3H3. The molecule has 1 aromatic heterocycles. The molecule has 1 rings (SSSR count). The zero-order valence-electron chi connectivity index (χ0n) is 9.98. The van der Waals surface area contributed by atoms with E-state index in [1.165, 1.54) is 0 Å². The van der Waals surface area contributed by atoms with Crippen molar-refractivity contribution in [2.75, 3.05) is 31.7 Å². The van der Waals surface area contributed by atoms with Gasteiger partial charge in [-0.3, -0.25) is 0 Å². The molecule has 0 aliphatic heterocycles. The van der Waals surface area contributed by atoms with Crippen LogP contribution in [0.1, 0.15) is 13.8 Å². The highest BCUT2D eigenvalue weighted by atomic mass is 35.5. The van der Waals surface area contributed by atoms with E-state index in [1.807, 2.05) is 6.07 Å². The Labute approximate surface area is 102 Å². The molecule has 4 nitrogen and oxygen atoms in total. The first-order valence-corrected chi connectivity index (χ1v) is 5.73. The maximum Gasteiger partial charge on any atom is 0.224 e. The van der Waals surface area contributed by atoms with Crippen LogP contribution in [0.2, 0.25) is 5.28 Å². The van der Waals surface area contributed by atoms with Crippen LogP contribution in [-0.4, -0.2) is 36.8 Å². The Hall–Kier alpha value is -0.870. The molecule has 0 amide bonds. The van der Waals surface area contributed by atoms with Crippen molar-refractivity contribution in [2.45, 2.75) is 13.8 Å². The van der Waals surface area contributed by atoms with E-state index in [4.69, 9.17) is 16.3 Å². The summed E-state index contributed by atoms with van der Waals surface area (Å²) in [5, 5.41) is 0.281. The maximum atomic E-state index is 5.78. The van der Waals surface area contributed by atoms with Gasteiger partial charge < -0.3 is 9.64 Å². The van der Waals surface area contributed by atoms with Crippen LogP contribution in [0.5, 0.6) is 0 Å². The van der Waals surface area contributed by atoms with Gasteiger partial charge in [-0.25, -0.2) is 9.97 Å². The highest BCUT2D eigenvalue weighted by Gasteiger charge is 2.10. The van der Waals surface area contributed by atoms with E-state index in [-0.39, 0.29) is 5.28 Å². The first-order chi connectivity index (χ1) is 7.63. The van der Waals surface area contributed by atoms with Crippen molar-refractivity contribution in [1.82, 2.24) is 9.97 Å². The van der Waals surface area contributed by atoms with Gasteiger partial charge in [0.1, 0.15) is 5.82 Å². The number of ether oxygens (including phenoxy) is 1. The minimum Gasteiger partial charge on any atom is -0.383 e. The van der Waals surface area contributed by atoms with Crippen molar-refractivity contribution >= 4 is 17.4 Å². The number of rotatable bonds is 6. The fourth-order valence-electron chi connectivity index (χ4n) is 1.44. The Morgan fingerprint density at radius 3 is 2.81 bits per heavy atom. The van der Waals surface area contributed by atoms with Crippen molar-refractivity contribution in [3.05, 3.63) is 17.5 Å². The van der Waals surface area contributed by atoms with Gasteiger partial charge in [-0.2, -0.15) is 0 Å². The van der Waals surface area contributed by atoms with Gasteiger partial charge in [-0.1, -0.05) is 13.8 Å². The second-order valence-electron chi connectivity index (χ2n) is 4.02. The summed E-state index contributed by atoms with van der Waals surface area (Å²) in [5.74, 6) is 1.41. The molecule has 0 saturated carbocycles. The first kappa shape index (κ1) is 13.2. The van der Waals surface area contributed by atoms with Gasteiger partial charge in [0.25, 0.3) is 0 Å². The Balaban J connectivity index is 2.74. The summed E-state index contributed by atoms with van der Waals surface area (Å²) in [6, 6.07) is 1.86. The third kappa shape index (κ3) is 4.33. The SMILES string of the molecule is COCCN(CC(C)C)c1ccnc(Cl)n1. The molecule has 1 aromatic rings. The van der Waals surface area contributed by atoms with E-state index in [9.17, 15) is 0 Å². The molecule has 0 radical (unpaired) electrons. The van der Waals surface area contributed by atoms with Gasteiger partial charge >= 0.3 is 0 Å². The number of nitrogens with zero attached hydrogens (tertiary/aromatic N) is 3. The molecule has 16 heavy (non-hydrogen) atoms. The van der Waals surface area contributed by atoms with E-state index >= 15 is 0 Å². The molecular formula is C11H18ClN3O.